The molecule has 6 nitrogen and oxygen atoms in total. The Morgan fingerprint density at radius 1 is 1.33 bits per heavy atom. The third kappa shape index (κ3) is 2.78. The van der Waals surface area contributed by atoms with E-state index >= 15 is 0 Å². The predicted octanol–water partition coefficient (Wildman–Crippen LogP) is 1.86. The quantitative estimate of drug-likeness (QED) is 0.905. The van der Waals surface area contributed by atoms with Gasteiger partial charge in [-0.1, -0.05) is 12.8 Å². The SMILES string of the molecule is OC1(CNc2cc(C(F)(F)F)nc3ncnn23)CCCC1. The Kier molecular flexibility index (Phi) is 3.23. The summed E-state index contributed by atoms with van der Waals surface area (Å²) >= 11 is 0. The number of nitrogens with one attached hydrogen (secondary N) is 1. The number of anilines is 1. The Morgan fingerprint density at radius 3 is 2.71 bits per heavy atom. The summed E-state index contributed by atoms with van der Waals surface area (Å²) in [5.41, 5.74) is -1.92. The molecule has 114 valence electrons. The fraction of sp³-hybridized carbons (Fsp3) is 0.583. The van der Waals surface area contributed by atoms with Gasteiger partial charge in [0.25, 0.3) is 5.78 Å². The van der Waals surface area contributed by atoms with Gasteiger partial charge in [0.1, 0.15) is 12.1 Å². The number of rotatable bonds is 3. The molecular formula is C12H14F3N5O. The van der Waals surface area contributed by atoms with Crippen LogP contribution in [0.2, 0.25) is 0 Å². The van der Waals surface area contributed by atoms with Crippen molar-refractivity contribution in [2.24, 2.45) is 0 Å². The molecule has 1 aliphatic rings. The molecule has 0 atom stereocenters. The van der Waals surface area contributed by atoms with Crippen LogP contribution in [0, 0.1) is 0 Å². The van der Waals surface area contributed by atoms with Gasteiger partial charge in [-0.15, -0.1) is 0 Å². The summed E-state index contributed by atoms with van der Waals surface area (Å²) in [7, 11) is 0. The van der Waals surface area contributed by atoms with E-state index in [0.717, 1.165) is 25.2 Å². The average molecular weight is 301 g/mol. The van der Waals surface area contributed by atoms with Gasteiger partial charge in [-0.3, -0.25) is 0 Å². The van der Waals surface area contributed by atoms with Crippen molar-refractivity contribution in [3.8, 4) is 0 Å². The van der Waals surface area contributed by atoms with Gasteiger partial charge >= 0.3 is 6.18 Å². The Bertz CT molecular complexity index is 648. The molecule has 0 amide bonds. The third-order valence-electron chi connectivity index (χ3n) is 3.68. The van der Waals surface area contributed by atoms with Crippen LogP contribution in [0.15, 0.2) is 12.4 Å². The molecule has 1 saturated carbocycles. The zero-order valence-corrected chi connectivity index (χ0v) is 11.1. The van der Waals surface area contributed by atoms with E-state index in [-0.39, 0.29) is 18.1 Å². The van der Waals surface area contributed by atoms with Crippen molar-refractivity contribution < 1.29 is 18.3 Å². The van der Waals surface area contributed by atoms with E-state index in [9.17, 15) is 18.3 Å². The summed E-state index contributed by atoms with van der Waals surface area (Å²) in [6.45, 7) is 0.170. The fourth-order valence-electron chi connectivity index (χ4n) is 2.55. The highest BCUT2D eigenvalue weighted by Gasteiger charge is 2.35. The summed E-state index contributed by atoms with van der Waals surface area (Å²) in [4.78, 5) is 7.11. The van der Waals surface area contributed by atoms with Crippen LogP contribution in [-0.2, 0) is 6.18 Å². The first-order chi connectivity index (χ1) is 9.87. The van der Waals surface area contributed by atoms with Crippen LogP contribution in [0.4, 0.5) is 19.0 Å². The molecule has 0 bridgehead atoms. The first kappa shape index (κ1) is 14.1. The van der Waals surface area contributed by atoms with Crippen molar-refractivity contribution in [1.82, 2.24) is 19.6 Å². The number of aliphatic hydroxyl groups is 1. The largest absolute Gasteiger partial charge is 0.433 e. The number of hydrogen-bond donors (Lipinski definition) is 2. The molecule has 0 unspecified atom stereocenters. The molecule has 0 aromatic carbocycles. The van der Waals surface area contributed by atoms with Gasteiger partial charge in [-0.05, 0) is 12.8 Å². The van der Waals surface area contributed by atoms with Crippen LogP contribution in [-0.4, -0.2) is 36.8 Å². The predicted molar refractivity (Wildman–Crippen MR) is 67.7 cm³/mol. The number of fused-ring (bicyclic) bond motifs is 1. The van der Waals surface area contributed by atoms with Crippen molar-refractivity contribution >= 4 is 11.6 Å². The molecular weight excluding hydrogens is 287 g/mol. The Morgan fingerprint density at radius 2 is 2.05 bits per heavy atom. The van der Waals surface area contributed by atoms with Gasteiger partial charge < -0.3 is 10.4 Å². The van der Waals surface area contributed by atoms with Crippen LogP contribution in [0.25, 0.3) is 5.78 Å². The highest BCUT2D eigenvalue weighted by atomic mass is 19.4. The second kappa shape index (κ2) is 4.83. The molecule has 2 aromatic rings. The topological polar surface area (TPSA) is 75.3 Å². The molecule has 21 heavy (non-hydrogen) atoms. The normalized spacial score (nSPS) is 18.3. The lowest BCUT2D eigenvalue weighted by molar-refractivity contribution is -0.141. The molecule has 1 aliphatic carbocycles. The van der Waals surface area contributed by atoms with Crippen molar-refractivity contribution in [2.75, 3.05) is 11.9 Å². The fourth-order valence-corrected chi connectivity index (χ4v) is 2.55. The Balaban J connectivity index is 1.91. The van der Waals surface area contributed by atoms with Crippen molar-refractivity contribution in [1.29, 1.82) is 0 Å². The minimum Gasteiger partial charge on any atom is -0.388 e. The molecule has 2 aromatic heterocycles. The van der Waals surface area contributed by atoms with Gasteiger partial charge in [-0.25, -0.2) is 4.98 Å². The van der Waals surface area contributed by atoms with E-state index < -0.39 is 17.5 Å². The third-order valence-corrected chi connectivity index (χ3v) is 3.68. The zero-order valence-electron chi connectivity index (χ0n) is 11.1. The minimum absolute atomic E-state index is 0.116. The lowest BCUT2D eigenvalue weighted by atomic mass is 10.0. The minimum atomic E-state index is -4.56. The van der Waals surface area contributed by atoms with Crippen LogP contribution in [0.5, 0.6) is 0 Å². The van der Waals surface area contributed by atoms with E-state index in [1.807, 2.05) is 0 Å². The number of nitrogens with zero attached hydrogens (tertiary/aromatic N) is 4. The summed E-state index contributed by atoms with van der Waals surface area (Å²) in [5, 5.41) is 16.9. The highest BCUT2D eigenvalue weighted by molar-refractivity contribution is 5.45. The van der Waals surface area contributed by atoms with Gasteiger partial charge in [0.05, 0.1) is 5.60 Å². The zero-order chi connectivity index (χ0) is 15.1. The first-order valence-electron chi connectivity index (χ1n) is 6.62. The van der Waals surface area contributed by atoms with E-state index in [2.05, 4.69) is 20.4 Å². The first-order valence-corrected chi connectivity index (χ1v) is 6.62. The summed E-state index contributed by atoms with van der Waals surface area (Å²) < 4.78 is 39.7. The maximum atomic E-state index is 12.8. The molecule has 1 fully saturated rings. The molecule has 0 radical (unpaired) electrons. The molecule has 9 heteroatoms. The van der Waals surface area contributed by atoms with Gasteiger partial charge in [0.2, 0.25) is 0 Å². The number of halogens is 3. The summed E-state index contributed by atoms with van der Waals surface area (Å²) in [6, 6.07) is 0.875. The van der Waals surface area contributed by atoms with Crippen LogP contribution in [0.3, 0.4) is 0 Å². The van der Waals surface area contributed by atoms with Crippen molar-refractivity contribution in [3.05, 3.63) is 18.1 Å². The van der Waals surface area contributed by atoms with Crippen LogP contribution < -0.4 is 5.32 Å². The summed E-state index contributed by atoms with van der Waals surface area (Å²) in [6.07, 6.45) is -0.316. The number of alkyl halides is 3. The molecule has 2 N–H and O–H groups in total. The van der Waals surface area contributed by atoms with Gasteiger partial charge in [0.15, 0.2) is 5.69 Å². The standard InChI is InChI=1S/C12H14F3N5O/c13-12(14,15)8-5-9(20-10(19-8)17-7-18-20)16-6-11(21)3-1-2-4-11/h5,7,16,21H,1-4,6H2. The molecule has 2 heterocycles. The maximum absolute atomic E-state index is 12.8. The molecule has 0 aliphatic heterocycles. The second-order valence-corrected chi connectivity index (χ2v) is 5.28. The molecule has 0 spiro atoms. The molecule has 0 saturated heterocycles. The molecule has 3 rings (SSSR count). The van der Waals surface area contributed by atoms with Crippen molar-refractivity contribution in [3.63, 3.8) is 0 Å². The van der Waals surface area contributed by atoms with E-state index in [0.29, 0.717) is 12.8 Å². The van der Waals surface area contributed by atoms with Gasteiger partial charge in [-0.2, -0.15) is 27.8 Å². The maximum Gasteiger partial charge on any atom is 0.433 e. The lowest BCUT2D eigenvalue weighted by Gasteiger charge is -2.23. The Labute approximate surface area is 118 Å². The van der Waals surface area contributed by atoms with E-state index in [4.69, 9.17) is 0 Å². The average Bonchev–Trinajstić information content (AvgIpc) is 3.03. The van der Waals surface area contributed by atoms with E-state index in [1.54, 1.807) is 0 Å². The van der Waals surface area contributed by atoms with Crippen molar-refractivity contribution in [2.45, 2.75) is 37.5 Å². The number of hydrogen-bond acceptors (Lipinski definition) is 5. The Hall–Kier alpha value is -1.90. The highest BCUT2D eigenvalue weighted by Crippen LogP contribution is 2.31. The van der Waals surface area contributed by atoms with Crippen LogP contribution >= 0.6 is 0 Å². The monoisotopic (exact) mass is 301 g/mol. The van der Waals surface area contributed by atoms with E-state index in [1.165, 1.54) is 4.52 Å². The summed E-state index contributed by atoms with van der Waals surface area (Å²) in [5.74, 6) is -0.0177. The van der Waals surface area contributed by atoms with Gasteiger partial charge in [0, 0.05) is 12.6 Å². The lowest BCUT2D eigenvalue weighted by Crippen LogP contribution is -2.34. The smallest absolute Gasteiger partial charge is 0.388 e. The number of aromatic nitrogens is 4. The van der Waals surface area contributed by atoms with Crippen LogP contribution in [0.1, 0.15) is 31.4 Å². The second-order valence-electron chi connectivity index (χ2n) is 5.28.